The van der Waals surface area contributed by atoms with Crippen LogP contribution in [0.4, 0.5) is 11.4 Å². The Kier molecular flexibility index (Phi) is 4.19. The molecule has 16 heavy (non-hydrogen) atoms. The second-order valence-corrected chi connectivity index (χ2v) is 4.49. The predicted octanol–water partition coefficient (Wildman–Crippen LogP) is 2.62. The van der Waals surface area contributed by atoms with Gasteiger partial charge in [0.1, 0.15) is 6.07 Å². The lowest BCUT2D eigenvalue weighted by atomic mass is 10.1. The molecule has 1 aromatic carbocycles. The molecule has 2 N–H and O–H groups in total. The molecule has 0 atom stereocenters. The maximum atomic E-state index is 9.04. The monoisotopic (exact) mass is 217 g/mol. The predicted molar refractivity (Wildman–Crippen MR) is 68.3 cm³/mol. The zero-order chi connectivity index (χ0) is 12.1. The molecular weight excluding hydrogens is 198 g/mol. The van der Waals surface area contributed by atoms with Crippen LogP contribution in [-0.2, 0) is 0 Å². The first-order valence-electron chi connectivity index (χ1n) is 5.55. The number of nitrogens with zero attached hydrogens (tertiary/aromatic N) is 2. The van der Waals surface area contributed by atoms with Crippen LogP contribution >= 0.6 is 0 Å². The van der Waals surface area contributed by atoms with Gasteiger partial charge in [-0.1, -0.05) is 13.8 Å². The zero-order valence-corrected chi connectivity index (χ0v) is 10.2. The van der Waals surface area contributed by atoms with Gasteiger partial charge in [-0.25, -0.2) is 0 Å². The van der Waals surface area contributed by atoms with Gasteiger partial charge < -0.3 is 10.6 Å². The van der Waals surface area contributed by atoms with Gasteiger partial charge in [-0.15, -0.1) is 0 Å². The van der Waals surface area contributed by atoms with E-state index in [4.69, 9.17) is 11.0 Å². The SMILES string of the molecule is CC(C)CCN(C)c1ccc(N)cc1C#N. The van der Waals surface area contributed by atoms with Crippen LogP contribution in [0.3, 0.4) is 0 Å². The van der Waals surface area contributed by atoms with Gasteiger partial charge in [0.15, 0.2) is 0 Å². The minimum Gasteiger partial charge on any atom is -0.399 e. The lowest BCUT2D eigenvalue weighted by Gasteiger charge is -2.21. The first-order valence-corrected chi connectivity index (χ1v) is 5.55. The molecule has 0 saturated carbocycles. The summed E-state index contributed by atoms with van der Waals surface area (Å²) in [5, 5.41) is 9.04. The van der Waals surface area contributed by atoms with Crippen molar-refractivity contribution in [1.29, 1.82) is 5.26 Å². The fourth-order valence-electron chi connectivity index (χ4n) is 1.55. The number of benzene rings is 1. The molecule has 3 heteroatoms. The summed E-state index contributed by atoms with van der Waals surface area (Å²) >= 11 is 0. The minimum absolute atomic E-state index is 0.637. The molecule has 0 aliphatic rings. The molecule has 0 spiro atoms. The van der Waals surface area contributed by atoms with Crippen LogP contribution in [0.1, 0.15) is 25.8 Å². The topological polar surface area (TPSA) is 53.0 Å². The summed E-state index contributed by atoms with van der Waals surface area (Å²) in [5.74, 6) is 0.668. The summed E-state index contributed by atoms with van der Waals surface area (Å²) in [4.78, 5) is 2.11. The van der Waals surface area contributed by atoms with Crippen molar-refractivity contribution in [1.82, 2.24) is 0 Å². The molecule has 0 aromatic heterocycles. The molecule has 1 aromatic rings. The van der Waals surface area contributed by atoms with Crippen LogP contribution in [-0.4, -0.2) is 13.6 Å². The van der Waals surface area contributed by atoms with E-state index in [1.54, 1.807) is 6.07 Å². The highest BCUT2D eigenvalue weighted by Crippen LogP contribution is 2.22. The maximum Gasteiger partial charge on any atom is 0.101 e. The van der Waals surface area contributed by atoms with Crippen LogP contribution in [0.25, 0.3) is 0 Å². The van der Waals surface area contributed by atoms with Crippen LogP contribution in [0, 0.1) is 17.2 Å². The minimum atomic E-state index is 0.637. The third kappa shape index (κ3) is 3.16. The standard InChI is InChI=1S/C13H19N3/c1-10(2)6-7-16(3)13-5-4-12(15)8-11(13)9-14/h4-5,8,10H,6-7,15H2,1-3H3. The van der Waals surface area contributed by atoms with E-state index in [0.717, 1.165) is 18.7 Å². The second kappa shape index (κ2) is 5.41. The molecule has 0 amide bonds. The number of rotatable bonds is 4. The maximum absolute atomic E-state index is 9.04. The van der Waals surface area contributed by atoms with Gasteiger partial charge in [-0.3, -0.25) is 0 Å². The van der Waals surface area contributed by atoms with Gasteiger partial charge in [-0.2, -0.15) is 5.26 Å². The van der Waals surface area contributed by atoms with Crippen molar-refractivity contribution in [3.63, 3.8) is 0 Å². The highest BCUT2D eigenvalue weighted by atomic mass is 15.1. The van der Waals surface area contributed by atoms with Crippen molar-refractivity contribution in [3.05, 3.63) is 23.8 Å². The summed E-state index contributed by atoms with van der Waals surface area (Å²) in [6.45, 7) is 5.35. The van der Waals surface area contributed by atoms with E-state index in [1.165, 1.54) is 0 Å². The molecule has 0 fully saturated rings. The molecule has 86 valence electrons. The van der Waals surface area contributed by atoms with Gasteiger partial charge in [0.2, 0.25) is 0 Å². The Labute approximate surface area is 97.5 Å². The Hall–Kier alpha value is -1.69. The van der Waals surface area contributed by atoms with E-state index in [-0.39, 0.29) is 0 Å². The third-order valence-electron chi connectivity index (χ3n) is 2.59. The van der Waals surface area contributed by atoms with E-state index in [9.17, 15) is 0 Å². The van der Waals surface area contributed by atoms with Crippen molar-refractivity contribution in [3.8, 4) is 6.07 Å². The average molecular weight is 217 g/mol. The second-order valence-electron chi connectivity index (χ2n) is 4.49. The van der Waals surface area contributed by atoms with Crippen LogP contribution in [0.2, 0.25) is 0 Å². The van der Waals surface area contributed by atoms with E-state index in [2.05, 4.69) is 24.8 Å². The van der Waals surface area contributed by atoms with Gasteiger partial charge in [0, 0.05) is 19.3 Å². The molecule has 0 radical (unpaired) electrons. The quantitative estimate of drug-likeness (QED) is 0.789. The van der Waals surface area contributed by atoms with E-state index in [1.807, 2.05) is 19.2 Å². The summed E-state index contributed by atoms with van der Waals surface area (Å²) < 4.78 is 0. The first kappa shape index (κ1) is 12.4. The Bertz CT molecular complexity index is 391. The molecule has 0 aliphatic heterocycles. The average Bonchev–Trinajstić information content (AvgIpc) is 2.25. The largest absolute Gasteiger partial charge is 0.399 e. The van der Waals surface area contributed by atoms with Gasteiger partial charge in [0.25, 0.3) is 0 Å². The normalized spacial score (nSPS) is 10.2. The third-order valence-corrected chi connectivity index (χ3v) is 2.59. The van der Waals surface area contributed by atoms with Crippen molar-refractivity contribution in [2.45, 2.75) is 20.3 Å². The van der Waals surface area contributed by atoms with Crippen LogP contribution < -0.4 is 10.6 Å². The molecule has 1 rings (SSSR count). The van der Waals surface area contributed by atoms with Crippen molar-refractivity contribution in [2.24, 2.45) is 5.92 Å². The number of hydrogen-bond donors (Lipinski definition) is 1. The van der Waals surface area contributed by atoms with Gasteiger partial charge >= 0.3 is 0 Å². The molecule has 0 saturated heterocycles. The van der Waals surface area contributed by atoms with Crippen LogP contribution in [0.15, 0.2) is 18.2 Å². The molecule has 0 aliphatic carbocycles. The Morgan fingerprint density at radius 3 is 2.69 bits per heavy atom. The number of nitrogens with two attached hydrogens (primary N) is 1. The van der Waals surface area contributed by atoms with Gasteiger partial charge in [-0.05, 0) is 30.5 Å². The van der Waals surface area contributed by atoms with E-state index < -0.39 is 0 Å². The van der Waals surface area contributed by atoms with Crippen molar-refractivity contribution in [2.75, 3.05) is 24.2 Å². The van der Waals surface area contributed by atoms with Crippen LogP contribution in [0.5, 0.6) is 0 Å². The van der Waals surface area contributed by atoms with Gasteiger partial charge in [0.05, 0.1) is 11.3 Å². The number of hydrogen-bond acceptors (Lipinski definition) is 3. The Balaban J connectivity index is 2.83. The summed E-state index contributed by atoms with van der Waals surface area (Å²) in [6.07, 6.45) is 1.12. The van der Waals surface area contributed by atoms with Crippen molar-refractivity contribution < 1.29 is 0 Å². The molecule has 0 bridgehead atoms. The lowest BCUT2D eigenvalue weighted by Crippen LogP contribution is -2.20. The number of nitriles is 1. The number of anilines is 2. The van der Waals surface area contributed by atoms with Crippen molar-refractivity contribution >= 4 is 11.4 Å². The molecule has 3 nitrogen and oxygen atoms in total. The fourth-order valence-corrected chi connectivity index (χ4v) is 1.55. The summed E-state index contributed by atoms with van der Waals surface area (Å²) in [5.41, 5.74) is 7.89. The fraction of sp³-hybridized carbons (Fsp3) is 0.462. The Morgan fingerprint density at radius 2 is 2.12 bits per heavy atom. The smallest absolute Gasteiger partial charge is 0.101 e. The first-order chi connectivity index (χ1) is 7.54. The highest BCUT2D eigenvalue weighted by Gasteiger charge is 2.07. The zero-order valence-electron chi connectivity index (χ0n) is 10.2. The van der Waals surface area contributed by atoms with E-state index >= 15 is 0 Å². The molecule has 0 unspecified atom stereocenters. The number of nitrogen functional groups attached to an aromatic ring is 1. The lowest BCUT2D eigenvalue weighted by molar-refractivity contribution is 0.585. The molecular formula is C13H19N3. The highest BCUT2D eigenvalue weighted by molar-refractivity contribution is 5.63. The molecule has 0 heterocycles. The summed E-state index contributed by atoms with van der Waals surface area (Å²) in [7, 11) is 2.01. The summed E-state index contributed by atoms with van der Waals surface area (Å²) in [6, 6.07) is 7.65. The van der Waals surface area contributed by atoms with E-state index in [0.29, 0.717) is 17.2 Å². The Morgan fingerprint density at radius 1 is 1.44 bits per heavy atom.